The molecule has 3 nitrogen and oxygen atoms in total. The number of aromatic nitrogens is 2. The lowest BCUT2D eigenvalue weighted by molar-refractivity contribution is -0.736. The van der Waals surface area contributed by atoms with Gasteiger partial charge in [0, 0.05) is 21.9 Å². The molecule has 11 rings (SSSR count). The minimum Gasteiger partial charge on any atom is -0.456 e. The van der Waals surface area contributed by atoms with E-state index in [0.29, 0.717) is 6.54 Å². The molecule has 0 spiro atoms. The first-order chi connectivity index (χ1) is 27.2. The summed E-state index contributed by atoms with van der Waals surface area (Å²) in [7, 11) is 0. The zero-order valence-corrected chi connectivity index (χ0v) is 30.0. The summed E-state index contributed by atoms with van der Waals surface area (Å²) in [4.78, 5) is 0. The van der Waals surface area contributed by atoms with Crippen LogP contribution in [0.15, 0.2) is 199 Å². The first-order valence-corrected chi connectivity index (χ1v) is 18.8. The van der Waals surface area contributed by atoms with Crippen LogP contribution >= 0.6 is 0 Å². The Balaban J connectivity index is 1.07. The molecule has 3 heteroatoms. The van der Waals surface area contributed by atoms with Gasteiger partial charge in [0.05, 0.1) is 0 Å². The van der Waals surface area contributed by atoms with E-state index in [0.717, 1.165) is 50.0 Å². The van der Waals surface area contributed by atoms with Gasteiger partial charge in [0.1, 0.15) is 11.2 Å². The standard InChI is InChI=1S/C52H34N2O/c1-3-13-34(14-4-1)33-54-49(32-48(53-54)35-15-5-2-6-16-35)39-18-11-17-36(29-39)37-25-28-46-47(30-37)42-20-8-7-19-41(42)45-23-12-22-40(52(45)46)38-26-27-44-43-21-9-10-24-50(43)55-51(44)31-38/h1-32H,33H2. The molecule has 55 heavy (non-hydrogen) atoms. The third-order valence-corrected chi connectivity index (χ3v) is 11.1. The Hall–Kier alpha value is -7.23. The van der Waals surface area contributed by atoms with Crippen molar-refractivity contribution in [1.29, 1.82) is 0 Å². The van der Waals surface area contributed by atoms with Crippen molar-refractivity contribution >= 4 is 54.3 Å². The Morgan fingerprint density at radius 3 is 1.84 bits per heavy atom. The largest absolute Gasteiger partial charge is 0.456 e. The van der Waals surface area contributed by atoms with Crippen LogP contribution in [0.1, 0.15) is 5.56 Å². The molecule has 2 heterocycles. The molecule has 2 aromatic heterocycles. The van der Waals surface area contributed by atoms with Crippen molar-refractivity contribution in [3.63, 3.8) is 0 Å². The maximum Gasteiger partial charge on any atom is 0.202 e. The highest BCUT2D eigenvalue weighted by atomic mass is 16.3. The van der Waals surface area contributed by atoms with Gasteiger partial charge in [-0.3, -0.25) is 4.68 Å². The lowest BCUT2D eigenvalue weighted by atomic mass is 9.88. The normalized spacial score (nSPS) is 11.7. The van der Waals surface area contributed by atoms with Crippen LogP contribution in [0, 0.1) is 0 Å². The molecule has 9 aromatic carbocycles. The van der Waals surface area contributed by atoms with E-state index < -0.39 is 0 Å². The smallest absolute Gasteiger partial charge is 0.202 e. The molecule has 0 radical (unpaired) electrons. The summed E-state index contributed by atoms with van der Waals surface area (Å²) in [5.74, 6) is 0. The van der Waals surface area contributed by atoms with E-state index in [1.54, 1.807) is 0 Å². The van der Waals surface area contributed by atoms with Gasteiger partial charge in [0.2, 0.25) is 5.69 Å². The molecule has 11 aromatic rings. The first kappa shape index (κ1) is 31.3. The van der Waals surface area contributed by atoms with Crippen molar-refractivity contribution in [3.05, 3.63) is 200 Å². The van der Waals surface area contributed by atoms with Crippen LogP contribution in [-0.4, -0.2) is 0 Å². The van der Waals surface area contributed by atoms with Gasteiger partial charge in [0.25, 0.3) is 0 Å². The van der Waals surface area contributed by atoms with E-state index in [9.17, 15) is 0 Å². The van der Waals surface area contributed by atoms with E-state index in [1.165, 1.54) is 54.6 Å². The maximum absolute atomic E-state index is 6.35. The molecule has 0 fully saturated rings. The summed E-state index contributed by atoms with van der Waals surface area (Å²) < 4.78 is 8.49. The van der Waals surface area contributed by atoms with Crippen molar-refractivity contribution in [2.45, 2.75) is 6.54 Å². The highest BCUT2D eigenvalue weighted by Gasteiger charge is 2.17. The molecule has 0 bridgehead atoms. The molecular formula is C52H34N2O. The Morgan fingerprint density at radius 2 is 0.982 bits per heavy atom. The number of furan rings is 1. The van der Waals surface area contributed by atoms with Gasteiger partial charge >= 0.3 is 0 Å². The lowest BCUT2D eigenvalue weighted by Crippen LogP contribution is -2.40. The second-order valence-corrected chi connectivity index (χ2v) is 14.3. The topological polar surface area (TPSA) is 31.1 Å². The number of hydrogen-bond acceptors (Lipinski definition) is 1. The maximum atomic E-state index is 6.35. The predicted molar refractivity (Wildman–Crippen MR) is 227 cm³/mol. The summed E-state index contributed by atoms with van der Waals surface area (Å²) >= 11 is 0. The summed E-state index contributed by atoms with van der Waals surface area (Å²) in [6.07, 6.45) is 0. The van der Waals surface area contributed by atoms with Crippen LogP contribution in [0.5, 0.6) is 0 Å². The molecule has 0 aliphatic carbocycles. The molecular weight excluding hydrogens is 669 g/mol. The molecule has 0 aliphatic heterocycles. The van der Waals surface area contributed by atoms with Gasteiger partial charge in [-0.15, -0.1) is 0 Å². The Bertz CT molecular complexity index is 3230. The monoisotopic (exact) mass is 702 g/mol. The molecule has 0 saturated carbocycles. The van der Waals surface area contributed by atoms with Crippen LogP contribution in [0.3, 0.4) is 0 Å². The third-order valence-electron chi connectivity index (χ3n) is 11.1. The molecule has 0 N–H and O–H groups in total. The van der Waals surface area contributed by atoms with Crippen LogP contribution in [0.2, 0.25) is 0 Å². The zero-order valence-electron chi connectivity index (χ0n) is 30.0. The Kier molecular flexibility index (Phi) is 7.24. The van der Waals surface area contributed by atoms with Crippen LogP contribution < -0.4 is 9.78 Å². The van der Waals surface area contributed by atoms with Crippen molar-refractivity contribution < 1.29 is 9.10 Å². The van der Waals surface area contributed by atoms with Gasteiger partial charge in [-0.1, -0.05) is 157 Å². The van der Waals surface area contributed by atoms with Crippen molar-refractivity contribution in [3.8, 4) is 44.8 Å². The van der Waals surface area contributed by atoms with Gasteiger partial charge in [-0.25, -0.2) is 0 Å². The van der Waals surface area contributed by atoms with Crippen LogP contribution in [0.4, 0.5) is 0 Å². The summed E-state index contributed by atoms with van der Waals surface area (Å²) in [6, 6.07) is 69.6. The minimum absolute atomic E-state index is 0.688. The molecule has 0 saturated heterocycles. The summed E-state index contributed by atoms with van der Waals surface area (Å²) in [5, 5.41) is 14.9. The molecule has 0 aliphatic rings. The van der Waals surface area contributed by atoms with Gasteiger partial charge in [-0.2, -0.15) is 0 Å². The predicted octanol–water partition coefficient (Wildman–Crippen LogP) is 13.0. The number of hydrogen-bond donors (Lipinski definition) is 0. The SMILES string of the molecule is c1ccc(C[n+]2[n-]c(-c3ccccc3)cc2-c2cccc(-c3ccc4c(c3)c3ccccc3c3cccc(-c5ccc6c(c5)oc5ccccc56)c34)c2)cc1. The van der Waals surface area contributed by atoms with Gasteiger partial charge < -0.3 is 9.52 Å². The van der Waals surface area contributed by atoms with Crippen molar-refractivity contribution in [1.82, 2.24) is 5.10 Å². The van der Waals surface area contributed by atoms with E-state index in [4.69, 9.17) is 9.52 Å². The Labute approximate surface area is 318 Å². The number of para-hydroxylation sites is 1. The number of nitrogens with zero attached hydrogens (tertiary/aromatic N) is 2. The summed E-state index contributed by atoms with van der Waals surface area (Å²) in [6.45, 7) is 0.688. The lowest BCUT2D eigenvalue weighted by Gasteiger charge is -2.15. The average Bonchev–Trinajstić information content (AvgIpc) is 3.85. The highest BCUT2D eigenvalue weighted by molar-refractivity contribution is 6.29. The second-order valence-electron chi connectivity index (χ2n) is 14.3. The Morgan fingerprint density at radius 1 is 0.382 bits per heavy atom. The second kappa shape index (κ2) is 12.7. The quantitative estimate of drug-likeness (QED) is 0.128. The fraction of sp³-hybridized carbons (Fsp3) is 0.0192. The highest BCUT2D eigenvalue weighted by Crippen LogP contribution is 2.43. The van der Waals surface area contributed by atoms with Gasteiger partial charge in [0.15, 0.2) is 6.54 Å². The first-order valence-electron chi connectivity index (χ1n) is 18.8. The van der Waals surface area contributed by atoms with Crippen molar-refractivity contribution in [2.24, 2.45) is 0 Å². The molecule has 0 amide bonds. The zero-order chi connectivity index (χ0) is 36.3. The fourth-order valence-corrected chi connectivity index (χ4v) is 8.45. The molecule has 258 valence electrons. The van der Waals surface area contributed by atoms with Crippen LogP contribution in [-0.2, 0) is 6.54 Å². The molecule has 0 atom stereocenters. The van der Waals surface area contributed by atoms with Crippen molar-refractivity contribution in [2.75, 3.05) is 0 Å². The van der Waals surface area contributed by atoms with E-state index in [2.05, 4.69) is 181 Å². The fourth-order valence-electron chi connectivity index (χ4n) is 8.45. The van der Waals surface area contributed by atoms with E-state index in [1.807, 2.05) is 18.2 Å². The minimum atomic E-state index is 0.688. The summed E-state index contributed by atoms with van der Waals surface area (Å²) in [5.41, 5.74) is 12.0. The van der Waals surface area contributed by atoms with Gasteiger partial charge in [-0.05, 0) is 103 Å². The number of benzene rings is 9. The number of rotatable bonds is 6. The van der Waals surface area contributed by atoms with E-state index in [-0.39, 0.29) is 0 Å². The molecule has 0 unspecified atom stereocenters. The van der Waals surface area contributed by atoms with E-state index >= 15 is 0 Å². The van der Waals surface area contributed by atoms with Crippen LogP contribution in [0.25, 0.3) is 99.0 Å². The number of fused-ring (bicyclic) bond motifs is 9. The average molecular weight is 703 g/mol. The third kappa shape index (κ3) is 5.32.